The molecule has 6 rings (SSSR count). The van der Waals surface area contributed by atoms with Crippen LogP contribution < -0.4 is 14.8 Å². The zero-order valence-electron chi connectivity index (χ0n) is 43.1. The van der Waals surface area contributed by atoms with E-state index >= 15 is 0 Å². The summed E-state index contributed by atoms with van der Waals surface area (Å²) in [6.07, 6.45) is 20.8. The standard InChI is InChI=1S/C57H85N3O12/c1-3-5-6-7-8-9-10-11-12-21-36-68-56(65)60(30-37-66-38-33-63)51-41-49(59-72-52-27-18-22-35-67-52)47-39-44(25-16-19-31-61)46(26-17-20-32-62)53-48-40-45(70-55(64)58-42-43-23-14-13-15-24-43)28-29-50(48)71-57(51,54(47)53)69-34-4-2/h4,13-15,23-24,28-29,39-40,44,46,51-54,61-63H,2-3,5-12,16-22,25-27,30-38,41-42H2,1H3,(H,58,64). The number of aliphatic hydroxyl groups is 3. The third-order valence-corrected chi connectivity index (χ3v) is 14.6. The van der Waals surface area contributed by atoms with E-state index in [9.17, 15) is 24.9 Å². The lowest BCUT2D eigenvalue weighted by atomic mass is 9.55. The Labute approximate surface area is 428 Å². The molecule has 0 aromatic heterocycles. The highest BCUT2D eigenvalue weighted by Gasteiger charge is 2.65. The predicted octanol–water partition coefficient (Wildman–Crippen LogP) is 10.5. The molecule has 7 unspecified atom stereocenters. The van der Waals surface area contributed by atoms with Crippen LogP contribution in [0.3, 0.4) is 0 Å². The molecule has 0 spiro atoms. The number of hydrogen-bond donors (Lipinski definition) is 4. The molecule has 4 N–H and O–H groups in total. The second kappa shape index (κ2) is 31.3. The third-order valence-electron chi connectivity index (χ3n) is 14.6. The van der Waals surface area contributed by atoms with Crippen LogP contribution in [0.1, 0.15) is 152 Å². The van der Waals surface area contributed by atoms with Crippen LogP contribution >= 0.6 is 0 Å². The SMILES string of the molecule is C=CCOC12Oc3ccc(OC(=O)NCc4ccccc4)cc3C3C(CCCCO)C(CCCCO)C=C(C(=NOC4CCCCO4)CC1N(CCOCCO)C(=O)OCCCCCCCCCCCC)C32. The summed E-state index contributed by atoms with van der Waals surface area (Å²) in [5.41, 5.74) is 3.25. The van der Waals surface area contributed by atoms with E-state index in [2.05, 4.69) is 24.9 Å². The van der Waals surface area contributed by atoms with E-state index < -0.39 is 36.2 Å². The lowest BCUT2D eigenvalue weighted by Crippen LogP contribution is -2.70. The summed E-state index contributed by atoms with van der Waals surface area (Å²) in [6.45, 7) is 7.72. The smallest absolute Gasteiger partial charge is 0.412 e. The number of carbonyl (C=O) groups excluding carboxylic acids is 2. The average molecular weight is 1000 g/mol. The number of nitrogens with zero attached hydrogens (tertiary/aromatic N) is 2. The second-order valence-corrected chi connectivity index (χ2v) is 19.7. The van der Waals surface area contributed by atoms with Gasteiger partial charge in [-0.25, -0.2) is 9.59 Å². The summed E-state index contributed by atoms with van der Waals surface area (Å²) in [5, 5.41) is 37.6. The fraction of sp³-hybridized carbons (Fsp3) is 0.667. The summed E-state index contributed by atoms with van der Waals surface area (Å²) >= 11 is 0. The van der Waals surface area contributed by atoms with Crippen LogP contribution in [0.15, 0.2) is 78.0 Å². The monoisotopic (exact) mass is 1000 g/mol. The van der Waals surface area contributed by atoms with Gasteiger partial charge in [-0.15, -0.1) is 6.58 Å². The fourth-order valence-electron chi connectivity index (χ4n) is 11.1. The van der Waals surface area contributed by atoms with Gasteiger partial charge in [0.2, 0.25) is 12.1 Å². The van der Waals surface area contributed by atoms with Gasteiger partial charge in [0.05, 0.1) is 51.3 Å². The topological polar surface area (TPSA) is 187 Å². The molecule has 2 fully saturated rings. The van der Waals surface area contributed by atoms with Gasteiger partial charge in [0, 0.05) is 50.6 Å². The van der Waals surface area contributed by atoms with E-state index in [-0.39, 0.29) is 77.0 Å². The van der Waals surface area contributed by atoms with Crippen LogP contribution in [-0.2, 0) is 30.3 Å². The number of fused-ring (bicyclic) bond motifs is 2. The summed E-state index contributed by atoms with van der Waals surface area (Å²) in [4.78, 5) is 36.2. The Balaban J connectivity index is 1.42. The largest absolute Gasteiger partial charge is 0.459 e. The predicted molar refractivity (Wildman–Crippen MR) is 277 cm³/mol. The molecule has 1 saturated heterocycles. The number of rotatable bonds is 33. The molecular formula is C57H85N3O12. The Morgan fingerprint density at radius 3 is 2.33 bits per heavy atom. The molecule has 15 nitrogen and oxygen atoms in total. The third kappa shape index (κ3) is 16.2. The van der Waals surface area contributed by atoms with Crippen molar-refractivity contribution in [2.75, 3.05) is 59.4 Å². The second-order valence-electron chi connectivity index (χ2n) is 19.7. The summed E-state index contributed by atoms with van der Waals surface area (Å²) < 4.78 is 38.5. The zero-order chi connectivity index (χ0) is 50.8. The number of amides is 2. The molecule has 2 amide bonds. The maximum atomic E-state index is 14.9. The van der Waals surface area contributed by atoms with Crippen molar-refractivity contribution in [3.63, 3.8) is 0 Å². The Kier molecular flexibility index (Phi) is 24.7. The first-order valence-corrected chi connectivity index (χ1v) is 27.3. The highest BCUT2D eigenvalue weighted by Crippen LogP contribution is 2.62. The quantitative estimate of drug-likeness (QED) is 0.0302. The van der Waals surface area contributed by atoms with Crippen molar-refractivity contribution in [1.29, 1.82) is 0 Å². The number of hydrogen-bond acceptors (Lipinski definition) is 13. The van der Waals surface area contributed by atoms with Gasteiger partial charge in [0.25, 0.3) is 0 Å². The lowest BCUT2D eigenvalue weighted by Gasteiger charge is -2.59. The number of nitrogens with one attached hydrogen (secondary N) is 1. The van der Waals surface area contributed by atoms with Gasteiger partial charge in [-0.2, -0.15) is 0 Å². The summed E-state index contributed by atoms with van der Waals surface area (Å²) in [5.74, 6) is -1.67. The van der Waals surface area contributed by atoms with Crippen molar-refractivity contribution in [1.82, 2.24) is 10.2 Å². The van der Waals surface area contributed by atoms with Gasteiger partial charge in [0.15, 0.2) is 0 Å². The molecule has 0 bridgehead atoms. The highest BCUT2D eigenvalue weighted by atomic mass is 16.8. The van der Waals surface area contributed by atoms with Gasteiger partial charge in [-0.1, -0.05) is 125 Å². The van der Waals surface area contributed by atoms with Gasteiger partial charge < -0.3 is 53.9 Å². The molecule has 2 aromatic carbocycles. The first-order valence-electron chi connectivity index (χ1n) is 27.3. The van der Waals surface area contributed by atoms with Crippen LogP contribution in [0.25, 0.3) is 0 Å². The van der Waals surface area contributed by atoms with Crippen molar-refractivity contribution in [2.45, 2.75) is 166 Å². The van der Waals surface area contributed by atoms with Crippen molar-refractivity contribution in [3.05, 3.63) is 84.0 Å². The molecule has 1 saturated carbocycles. The van der Waals surface area contributed by atoms with E-state index in [0.717, 1.165) is 80.9 Å². The average Bonchev–Trinajstić information content (AvgIpc) is 3.40. The molecule has 2 aliphatic heterocycles. The number of oxime groups is 1. The van der Waals surface area contributed by atoms with E-state index in [0.29, 0.717) is 49.6 Å². The summed E-state index contributed by atoms with van der Waals surface area (Å²) in [7, 11) is 0. The molecule has 2 aliphatic carbocycles. The van der Waals surface area contributed by atoms with E-state index in [1.165, 1.54) is 38.5 Å². The van der Waals surface area contributed by atoms with Gasteiger partial charge in [0.1, 0.15) is 17.5 Å². The molecule has 72 heavy (non-hydrogen) atoms. The minimum absolute atomic E-state index is 0.00465. The van der Waals surface area contributed by atoms with Crippen molar-refractivity contribution in [3.8, 4) is 11.5 Å². The van der Waals surface area contributed by atoms with E-state index in [1.807, 2.05) is 42.5 Å². The molecule has 400 valence electrons. The molecule has 2 aromatic rings. The van der Waals surface area contributed by atoms with Crippen LogP contribution in [0.4, 0.5) is 9.59 Å². The minimum Gasteiger partial charge on any atom is -0.459 e. The van der Waals surface area contributed by atoms with E-state index in [1.54, 1.807) is 17.0 Å². The number of carbonyl (C=O) groups is 2. The Morgan fingerprint density at radius 2 is 1.62 bits per heavy atom. The number of allylic oxidation sites excluding steroid dienone is 1. The van der Waals surface area contributed by atoms with Gasteiger partial charge in [-0.05, 0) is 86.1 Å². The summed E-state index contributed by atoms with van der Waals surface area (Å²) in [6, 6.07) is 14.2. The van der Waals surface area contributed by atoms with Crippen LogP contribution in [-0.4, -0.2) is 116 Å². The molecule has 2 heterocycles. The lowest BCUT2D eigenvalue weighted by molar-refractivity contribution is -0.256. The Hall–Kier alpha value is -4.51. The fourth-order valence-corrected chi connectivity index (χ4v) is 11.1. The van der Waals surface area contributed by atoms with Crippen LogP contribution in [0, 0.1) is 17.8 Å². The maximum absolute atomic E-state index is 14.9. The van der Waals surface area contributed by atoms with Crippen molar-refractivity contribution < 1.29 is 58.2 Å². The Bertz CT molecular complexity index is 1980. The normalized spacial score (nSPS) is 23.8. The van der Waals surface area contributed by atoms with Crippen LogP contribution in [0.5, 0.6) is 11.5 Å². The number of aliphatic hydroxyl groups excluding tert-OH is 3. The zero-order valence-corrected chi connectivity index (χ0v) is 43.1. The number of ether oxygens (including phenoxy) is 6. The van der Waals surface area contributed by atoms with Crippen molar-refractivity contribution in [2.24, 2.45) is 22.9 Å². The highest BCUT2D eigenvalue weighted by molar-refractivity contribution is 6.03. The van der Waals surface area contributed by atoms with E-state index in [4.69, 9.17) is 38.4 Å². The molecular weight excluding hydrogens is 919 g/mol. The molecule has 0 radical (unpaired) electrons. The Morgan fingerprint density at radius 1 is 0.875 bits per heavy atom. The van der Waals surface area contributed by atoms with Gasteiger partial charge in [-0.3, -0.25) is 4.90 Å². The van der Waals surface area contributed by atoms with Crippen molar-refractivity contribution >= 4 is 17.9 Å². The number of unbranched alkanes of at least 4 members (excludes halogenated alkanes) is 11. The number of benzene rings is 2. The van der Waals surface area contributed by atoms with Gasteiger partial charge >= 0.3 is 12.2 Å². The first kappa shape index (κ1) is 56.8. The minimum atomic E-state index is -1.54. The van der Waals surface area contributed by atoms with Crippen LogP contribution in [0.2, 0.25) is 0 Å². The molecule has 15 heteroatoms. The first-order chi connectivity index (χ1) is 35.4. The molecule has 7 atom stereocenters. The molecule has 4 aliphatic rings. The maximum Gasteiger partial charge on any atom is 0.412 e.